The molecular formula is C10H7KO2. The van der Waals surface area contributed by atoms with Gasteiger partial charge in [-0.25, -0.2) is 0 Å². The van der Waals surface area contributed by atoms with Gasteiger partial charge in [-0.15, -0.1) is 0 Å². The molecule has 0 saturated heterocycles. The predicted molar refractivity (Wildman–Crippen MR) is 51.4 cm³/mol. The average Bonchev–Trinajstić information content (AvgIpc) is 2.12. The normalized spacial score (nSPS) is 13.5. The Balaban J connectivity index is 0.000000845. The third-order valence-electron chi connectivity index (χ3n) is 1.84. The Kier molecular flexibility index (Phi) is 3.76. The van der Waals surface area contributed by atoms with Gasteiger partial charge in [-0.2, -0.15) is 0 Å². The van der Waals surface area contributed by atoms with Crippen LogP contribution in [0.4, 0.5) is 0 Å². The van der Waals surface area contributed by atoms with Gasteiger partial charge in [0.25, 0.3) is 0 Å². The summed E-state index contributed by atoms with van der Waals surface area (Å²) in [6.07, 6.45) is 2.62. The average molecular weight is 198 g/mol. The van der Waals surface area contributed by atoms with Crippen LogP contribution < -0.4 is 0 Å². The van der Waals surface area contributed by atoms with E-state index in [9.17, 15) is 9.59 Å². The van der Waals surface area contributed by atoms with Crippen molar-refractivity contribution in [3.63, 3.8) is 0 Å². The molecule has 0 radical (unpaired) electrons. The number of ketones is 2. The quantitative estimate of drug-likeness (QED) is 0.582. The standard InChI is InChI=1S/C10H6O2.K.H/c11-9-5-6-10(12)8-4-2-1-3-7(8)9;;/h1-6H;;. The van der Waals surface area contributed by atoms with Gasteiger partial charge in [-0.3, -0.25) is 9.59 Å². The molecule has 3 heteroatoms. The van der Waals surface area contributed by atoms with Gasteiger partial charge >= 0.3 is 51.4 Å². The van der Waals surface area contributed by atoms with Crippen LogP contribution in [0.15, 0.2) is 36.4 Å². The van der Waals surface area contributed by atoms with Crippen LogP contribution in [0, 0.1) is 0 Å². The van der Waals surface area contributed by atoms with E-state index in [0.29, 0.717) is 11.1 Å². The molecule has 0 spiro atoms. The van der Waals surface area contributed by atoms with Crippen LogP contribution in [-0.4, -0.2) is 63.0 Å². The zero-order chi connectivity index (χ0) is 8.55. The monoisotopic (exact) mass is 198 g/mol. The minimum atomic E-state index is -0.0924. The van der Waals surface area contributed by atoms with Crippen molar-refractivity contribution in [2.24, 2.45) is 0 Å². The molecule has 0 aliphatic heterocycles. The van der Waals surface area contributed by atoms with Crippen LogP contribution in [0.25, 0.3) is 0 Å². The molecule has 1 aromatic carbocycles. The fraction of sp³-hybridized carbons (Fsp3) is 0. The molecule has 1 aliphatic carbocycles. The zero-order valence-electron chi connectivity index (χ0n) is 6.28. The molecule has 0 N–H and O–H groups in total. The van der Waals surface area contributed by atoms with Crippen molar-refractivity contribution >= 4 is 63.0 Å². The second-order valence-electron chi connectivity index (χ2n) is 2.61. The van der Waals surface area contributed by atoms with Crippen molar-refractivity contribution in [3.05, 3.63) is 47.5 Å². The third kappa shape index (κ3) is 2.06. The Morgan fingerprint density at radius 2 is 1.15 bits per heavy atom. The van der Waals surface area contributed by atoms with Gasteiger partial charge in [0.1, 0.15) is 0 Å². The summed E-state index contributed by atoms with van der Waals surface area (Å²) in [6.45, 7) is 0. The second-order valence-corrected chi connectivity index (χ2v) is 2.61. The van der Waals surface area contributed by atoms with Gasteiger partial charge in [0.2, 0.25) is 0 Å². The van der Waals surface area contributed by atoms with Crippen LogP contribution >= 0.6 is 0 Å². The Bertz CT molecular complexity index is 357. The first-order valence-corrected chi connectivity index (χ1v) is 3.65. The number of carbonyl (C=O) groups is 2. The van der Waals surface area contributed by atoms with E-state index in [1.807, 2.05) is 0 Å². The van der Waals surface area contributed by atoms with E-state index >= 15 is 0 Å². The molecule has 0 saturated carbocycles. The maximum atomic E-state index is 11.2. The summed E-state index contributed by atoms with van der Waals surface area (Å²) in [6, 6.07) is 6.84. The Morgan fingerprint density at radius 3 is 1.54 bits per heavy atom. The summed E-state index contributed by atoms with van der Waals surface area (Å²) in [4.78, 5) is 22.4. The first-order chi connectivity index (χ1) is 5.79. The molecule has 1 aromatic rings. The molecule has 0 amide bonds. The number of hydrogen-bond donors (Lipinski definition) is 0. The summed E-state index contributed by atoms with van der Waals surface area (Å²) in [5, 5.41) is 0. The Labute approximate surface area is 118 Å². The molecule has 0 aromatic heterocycles. The van der Waals surface area contributed by atoms with Crippen LogP contribution in [-0.2, 0) is 0 Å². The zero-order valence-corrected chi connectivity index (χ0v) is 6.28. The molecule has 2 nitrogen and oxygen atoms in total. The van der Waals surface area contributed by atoms with Gasteiger partial charge in [-0.1, -0.05) is 24.3 Å². The number of carbonyl (C=O) groups excluding carboxylic acids is 2. The predicted octanol–water partition coefficient (Wildman–Crippen LogP) is 0.973. The van der Waals surface area contributed by atoms with Gasteiger partial charge in [0.15, 0.2) is 11.6 Å². The summed E-state index contributed by atoms with van der Waals surface area (Å²) in [7, 11) is 0. The SMILES string of the molecule is O=C1C=CC(=O)c2ccccc21.[KH]. The third-order valence-corrected chi connectivity index (χ3v) is 1.84. The fourth-order valence-corrected chi connectivity index (χ4v) is 1.24. The summed E-state index contributed by atoms with van der Waals surface area (Å²) >= 11 is 0. The number of hydrogen-bond acceptors (Lipinski definition) is 2. The van der Waals surface area contributed by atoms with E-state index in [0.717, 1.165) is 0 Å². The molecule has 2 rings (SSSR count). The Hall–Kier alpha value is -0.0636. The van der Waals surface area contributed by atoms with Crippen LogP contribution in [0.3, 0.4) is 0 Å². The fourth-order valence-electron chi connectivity index (χ4n) is 1.24. The van der Waals surface area contributed by atoms with Crippen molar-refractivity contribution in [1.82, 2.24) is 0 Å². The van der Waals surface area contributed by atoms with E-state index in [2.05, 4.69) is 0 Å². The number of rotatable bonds is 0. The topological polar surface area (TPSA) is 34.1 Å². The molecule has 60 valence electrons. The number of allylic oxidation sites excluding steroid dienone is 2. The minimum absolute atomic E-state index is 0. The molecule has 13 heavy (non-hydrogen) atoms. The van der Waals surface area contributed by atoms with E-state index in [1.165, 1.54) is 12.2 Å². The number of benzene rings is 1. The van der Waals surface area contributed by atoms with Crippen LogP contribution in [0.2, 0.25) is 0 Å². The Morgan fingerprint density at radius 1 is 0.769 bits per heavy atom. The summed E-state index contributed by atoms with van der Waals surface area (Å²) < 4.78 is 0. The van der Waals surface area contributed by atoms with Crippen LogP contribution in [0.5, 0.6) is 0 Å². The van der Waals surface area contributed by atoms with Gasteiger partial charge in [0, 0.05) is 11.1 Å². The number of fused-ring (bicyclic) bond motifs is 1. The first kappa shape index (κ1) is 11.0. The summed E-state index contributed by atoms with van der Waals surface area (Å²) in [5.41, 5.74) is 1.01. The first-order valence-electron chi connectivity index (χ1n) is 3.65. The van der Waals surface area contributed by atoms with E-state index in [-0.39, 0.29) is 63.0 Å². The van der Waals surface area contributed by atoms with E-state index in [4.69, 9.17) is 0 Å². The molecule has 1 aliphatic rings. The second kappa shape index (κ2) is 4.44. The van der Waals surface area contributed by atoms with Crippen LogP contribution in [0.1, 0.15) is 20.7 Å². The molecule has 0 unspecified atom stereocenters. The maximum absolute atomic E-state index is 11.2. The van der Waals surface area contributed by atoms with Crippen molar-refractivity contribution in [1.29, 1.82) is 0 Å². The van der Waals surface area contributed by atoms with Crippen molar-refractivity contribution < 1.29 is 9.59 Å². The van der Waals surface area contributed by atoms with Crippen molar-refractivity contribution in [3.8, 4) is 0 Å². The summed E-state index contributed by atoms with van der Waals surface area (Å²) in [5.74, 6) is -0.185. The van der Waals surface area contributed by atoms with Gasteiger partial charge < -0.3 is 0 Å². The van der Waals surface area contributed by atoms with E-state index in [1.54, 1.807) is 24.3 Å². The van der Waals surface area contributed by atoms with Gasteiger partial charge in [-0.05, 0) is 12.2 Å². The molecular weight excluding hydrogens is 191 g/mol. The van der Waals surface area contributed by atoms with Gasteiger partial charge in [0.05, 0.1) is 0 Å². The molecule has 0 bridgehead atoms. The van der Waals surface area contributed by atoms with Crippen molar-refractivity contribution in [2.45, 2.75) is 0 Å². The van der Waals surface area contributed by atoms with Crippen molar-refractivity contribution in [2.75, 3.05) is 0 Å². The molecule has 0 atom stereocenters. The van der Waals surface area contributed by atoms with E-state index < -0.39 is 0 Å². The molecule has 0 fully saturated rings. The molecule has 0 heterocycles.